The molecule has 0 heterocycles. The summed E-state index contributed by atoms with van der Waals surface area (Å²) in [5.74, 6) is 0.102. The topological polar surface area (TPSA) is 20.3 Å². The first-order valence-electron chi connectivity index (χ1n) is 7.32. The van der Waals surface area contributed by atoms with Crippen LogP contribution in [-0.4, -0.2) is 5.91 Å². The SMILES string of the molecule is C/C=C\N(C(=O)CC)c1ccc(CBr)cc1.CC.CC. The molecule has 20 heavy (non-hydrogen) atoms. The van der Waals surface area contributed by atoms with Crippen LogP contribution in [-0.2, 0) is 10.1 Å². The van der Waals surface area contributed by atoms with Crippen molar-refractivity contribution in [1.82, 2.24) is 0 Å². The van der Waals surface area contributed by atoms with E-state index in [2.05, 4.69) is 15.9 Å². The van der Waals surface area contributed by atoms with E-state index in [0.717, 1.165) is 11.0 Å². The Morgan fingerprint density at radius 1 is 1.15 bits per heavy atom. The highest BCUT2D eigenvalue weighted by Crippen LogP contribution is 2.18. The van der Waals surface area contributed by atoms with Gasteiger partial charge in [-0.25, -0.2) is 0 Å². The fourth-order valence-corrected chi connectivity index (χ4v) is 1.75. The number of allylic oxidation sites excluding steroid dienone is 1. The molecule has 0 spiro atoms. The second kappa shape index (κ2) is 14.3. The van der Waals surface area contributed by atoms with Crippen molar-refractivity contribution in [2.75, 3.05) is 4.90 Å². The molecular weight excluding hydrogens is 314 g/mol. The highest BCUT2D eigenvalue weighted by atomic mass is 79.9. The minimum atomic E-state index is 0.102. The highest BCUT2D eigenvalue weighted by molar-refractivity contribution is 9.08. The van der Waals surface area contributed by atoms with Gasteiger partial charge in [-0.15, -0.1) is 0 Å². The molecule has 0 bridgehead atoms. The van der Waals surface area contributed by atoms with Gasteiger partial charge in [-0.05, 0) is 24.6 Å². The maximum atomic E-state index is 11.7. The molecule has 114 valence electrons. The summed E-state index contributed by atoms with van der Waals surface area (Å²) in [4.78, 5) is 13.4. The van der Waals surface area contributed by atoms with Crippen molar-refractivity contribution in [1.29, 1.82) is 0 Å². The Morgan fingerprint density at radius 3 is 2.00 bits per heavy atom. The van der Waals surface area contributed by atoms with E-state index in [1.807, 2.05) is 71.9 Å². The number of hydrogen-bond acceptors (Lipinski definition) is 1. The van der Waals surface area contributed by atoms with Crippen LogP contribution in [0.3, 0.4) is 0 Å². The summed E-state index contributed by atoms with van der Waals surface area (Å²) in [5, 5.41) is 0.832. The largest absolute Gasteiger partial charge is 0.288 e. The number of rotatable bonds is 4. The van der Waals surface area contributed by atoms with Crippen molar-refractivity contribution in [3.8, 4) is 0 Å². The van der Waals surface area contributed by atoms with Crippen molar-refractivity contribution in [2.45, 2.75) is 53.3 Å². The van der Waals surface area contributed by atoms with E-state index in [4.69, 9.17) is 0 Å². The lowest BCUT2D eigenvalue weighted by molar-refractivity contribution is -0.117. The van der Waals surface area contributed by atoms with Crippen molar-refractivity contribution < 1.29 is 4.79 Å². The standard InChI is InChI=1S/C13H16BrNO.2C2H6/c1-3-9-15(13(16)4-2)12-7-5-11(10-14)6-8-12;2*1-2/h3,5-9H,4,10H2,1-2H3;2*1-2H3/b9-3-;;. The van der Waals surface area contributed by atoms with Gasteiger partial charge in [0, 0.05) is 23.6 Å². The fourth-order valence-electron chi connectivity index (χ4n) is 1.38. The van der Waals surface area contributed by atoms with Gasteiger partial charge in [-0.2, -0.15) is 0 Å². The molecule has 1 rings (SSSR count). The van der Waals surface area contributed by atoms with Crippen LogP contribution in [0.25, 0.3) is 0 Å². The maximum absolute atomic E-state index is 11.7. The van der Waals surface area contributed by atoms with Crippen LogP contribution in [0.5, 0.6) is 0 Å². The molecule has 1 aromatic rings. The molecule has 0 saturated heterocycles. The molecule has 0 aliphatic carbocycles. The van der Waals surface area contributed by atoms with Gasteiger partial charge in [-0.3, -0.25) is 9.69 Å². The summed E-state index contributed by atoms with van der Waals surface area (Å²) >= 11 is 3.40. The number of carbonyl (C=O) groups is 1. The van der Waals surface area contributed by atoms with Crippen molar-refractivity contribution in [3.63, 3.8) is 0 Å². The van der Waals surface area contributed by atoms with Crippen LogP contribution >= 0.6 is 15.9 Å². The summed E-state index contributed by atoms with van der Waals surface area (Å²) in [6.07, 6.45) is 4.17. The molecule has 0 aliphatic heterocycles. The van der Waals surface area contributed by atoms with E-state index in [1.165, 1.54) is 5.56 Å². The zero-order valence-electron chi connectivity index (χ0n) is 13.6. The average molecular weight is 342 g/mol. The van der Waals surface area contributed by atoms with Gasteiger partial charge < -0.3 is 0 Å². The van der Waals surface area contributed by atoms with E-state index < -0.39 is 0 Å². The third-order valence-electron chi connectivity index (χ3n) is 2.24. The number of amides is 1. The number of anilines is 1. The maximum Gasteiger partial charge on any atom is 0.230 e. The van der Waals surface area contributed by atoms with E-state index >= 15 is 0 Å². The molecule has 1 amide bonds. The Morgan fingerprint density at radius 2 is 1.65 bits per heavy atom. The molecule has 0 radical (unpaired) electrons. The molecule has 0 fully saturated rings. The second-order valence-corrected chi connectivity index (χ2v) is 3.96. The zero-order valence-corrected chi connectivity index (χ0v) is 15.2. The van der Waals surface area contributed by atoms with Gasteiger partial charge in [0.15, 0.2) is 0 Å². The molecule has 0 N–H and O–H groups in total. The highest BCUT2D eigenvalue weighted by Gasteiger charge is 2.10. The number of hydrogen-bond donors (Lipinski definition) is 0. The van der Waals surface area contributed by atoms with Gasteiger partial charge in [0.1, 0.15) is 0 Å². The Kier molecular flexibility index (Phi) is 15.2. The monoisotopic (exact) mass is 341 g/mol. The van der Waals surface area contributed by atoms with Gasteiger partial charge in [0.25, 0.3) is 0 Å². The second-order valence-electron chi connectivity index (χ2n) is 3.40. The molecule has 0 aromatic heterocycles. The van der Waals surface area contributed by atoms with Crippen LogP contribution in [0.1, 0.15) is 53.5 Å². The molecule has 0 unspecified atom stereocenters. The van der Waals surface area contributed by atoms with E-state index in [9.17, 15) is 4.79 Å². The number of benzene rings is 1. The molecule has 1 aromatic carbocycles. The Hall–Kier alpha value is -1.09. The van der Waals surface area contributed by atoms with Crippen molar-refractivity contribution in [3.05, 3.63) is 42.1 Å². The summed E-state index contributed by atoms with van der Waals surface area (Å²) in [6.45, 7) is 11.8. The third kappa shape index (κ3) is 7.49. The minimum absolute atomic E-state index is 0.102. The molecule has 0 aliphatic rings. The molecular formula is C17H28BrNO. The average Bonchev–Trinajstić information content (AvgIpc) is 2.56. The van der Waals surface area contributed by atoms with Gasteiger partial charge in [-0.1, -0.05) is 68.8 Å². The third-order valence-corrected chi connectivity index (χ3v) is 2.89. The summed E-state index contributed by atoms with van der Waals surface area (Å²) < 4.78 is 0. The van der Waals surface area contributed by atoms with Gasteiger partial charge in [0.05, 0.1) is 0 Å². The van der Waals surface area contributed by atoms with Crippen molar-refractivity contribution >= 4 is 27.5 Å². The number of alkyl halides is 1. The van der Waals surface area contributed by atoms with Crippen LogP contribution in [0, 0.1) is 0 Å². The van der Waals surface area contributed by atoms with Crippen LogP contribution in [0.4, 0.5) is 5.69 Å². The van der Waals surface area contributed by atoms with Crippen molar-refractivity contribution in [2.24, 2.45) is 0 Å². The predicted molar refractivity (Wildman–Crippen MR) is 94.4 cm³/mol. The first-order chi connectivity index (χ1) is 9.72. The number of carbonyl (C=O) groups excluding carboxylic acids is 1. The normalized spacial score (nSPS) is 9.15. The Labute approximate surface area is 133 Å². The summed E-state index contributed by atoms with van der Waals surface area (Å²) in [6, 6.07) is 7.96. The van der Waals surface area contributed by atoms with Gasteiger partial charge in [0.2, 0.25) is 5.91 Å². The zero-order chi connectivity index (χ0) is 16.0. The number of nitrogens with zero attached hydrogens (tertiary/aromatic N) is 1. The van der Waals surface area contributed by atoms with Crippen LogP contribution < -0.4 is 4.90 Å². The smallest absolute Gasteiger partial charge is 0.230 e. The lowest BCUT2D eigenvalue weighted by atomic mass is 10.2. The lowest BCUT2D eigenvalue weighted by Crippen LogP contribution is -2.23. The first-order valence-corrected chi connectivity index (χ1v) is 8.44. The van der Waals surface area contributed by atoms with E-state index in [-0.39, 0.29) is 5.91 Å². The quantitative estimate of drug-likeness (QED) is 0.623. The first kappa shape index (κ1) is 21.2. The molecule has 0 saturated carbocycles. The van der Waals surface area contributed by atoms with Crippen LogP contribution in [0.15, 0.2) is 36.5 Å². The minimum Gasteiger partial charge on any atom is -0.288 e. The summed E-state index contributed by atoms with van der Waals surface area (Å²) in [5.41, 5.74) is 2.11. The van der Waals surface area contributed by atoms with E-state index in [0.29, 0.717) is 6.42 Å². The predicted octanol–water partition coefficient (Wildman–Crippen LogP) is 5.91. The Balaban J connectivity index is 0. The lowest BCUT2D eigenvalue weighted by Gasteiger charge is -2.17. The fraction of sp³-hybridized carbons (Fsp3) is 0.471. The molecule has 0 atom stereocenters. The molecule has 2 nitrogen and oxygen atoms in total. The Bertz CT molecular complexity index is 371. The van der Waals surface area contributed by atoms with E-state index in [1.54, 1.807) is 11.1 Å². The van der Waals surface area contributed by atoms with Crippen LogP contribution in [0.2, 0.25) is 0 Å². The van der Waals surface area contributed by atoms with Gasteiger partial charge >= 0.3 is 0 Å². The summed E-state index contributed by atoms with van der Waals surface area (Å²) in [7, 11) is 0. The number of halogens is 1. The molecule has 3 heteroatoms.